The van der Waals surface area contributed by atoms with Gasteiger partial charge in [0.25, 0.3) is 0 Å². The summed E-state index contributed by atoms with van der Waals surface area (Å²) in [5, 5.41) is 25.1. The number of halogens is 2. The standard InChI is InChI=1S/C23H24N4O2S.C17H13N3O2S.C7H13NO.2ClH/c28-30(29,22-7-3-5-17-4-1-2-6-19(17)22)23-20-14-18(8-9-21(20)26-27-23)25-15-16-10-12-24-13-11-16;18-12-8-9-15-14(10-12)17(20-19-15)23(21,22)16-7-3-5-11-4-1-2-6-13(11)16;1-8-4-2-7(6-9)3-5-8;;/h1-9,14,16,24-25H,10-13,15H2,(H,26,27);1-10H,18H2,(H,19,20);6-7H,2-5H2,1H3;2*1H. The molecule has 64 heavy (non-hydrogen) atoms. The Bertz CT molecular complexity index is 3080. The first-order chi connectivity index (χ1) is 30.0. The van der Waals surface area contributed by atoms with Gasteiger partial charge in [0.05, 0.1) is 20.8 Å². The van der Waals surface area contributed by atoms with Crippen molar-refractivity contribution in [2.75, 3.05) is 50.8 Å². The van der Waals surface area contributed by atoms with E-state index < -0.39 is 19.7 Å². The van der Waals surface area contributed by atoms with Gasteiger partial charge in [-0.2, -0.15) is 10.2 Å². The molecule has 13 nitrogen and oxygen atoms in total. The van der Waals surface area contributed by atoms with Crippen molar-refractivity contribution < 1.29 is 21.6 Å². The van der Waals surface area contributed by atoms with Crippen molar-refractivity contribution in [2.45, 2.75) is 45.5 Å². The normalized spacial score (nSPS) is 15.0. The fourth-order valence-electron chi connectivity index (χ4n) is 8.10. The highest BCUT2D eigenvalue weighted by Gasteiger charge is 2.27. The number of rotatable bonds is 8. The molecule has 6 aromatic carbocycles. The van der Waals surface area contributed by atoms with E-state index in [4.69, 9.17) is 5.73 Å². The molecule has 0 saturated carbocycles. The molecule has 2 aromatic heterocycles. The predicted molar refractivity (Wildman–Crippen MR) is 260 cm³/mol. The Morgan fingerprint density at radius 3 is 1.70 bits per heavy atom. The molecule has 2 saturated heterocycles. The van der Waals surface area contributed by atoms with E-state index in [1.165, 1.54) is 0 Å². The molecule has 2 fully saturated rings. The Balaban J connectivity index is 0.000000177. The summed E-state index contributed by atoms with van der Waals surface area (Å²) in [6.45, 7) is 5.17. The number of nitrogen functional groups attached to an aromatic ring is 1. The van der Waals surface area contributed by atoms with Crippen LogP contribution < -0.4 is 16.4 Å². The van der Waals surface area contributed by atoms with Crippen LogP contribution in [0.25, 0.3) is 43.4 Å². The van der Waals surface area contributed by atoms with Crippen molar-refractivity contribution in [3.63, 3.8) is 0 Å². The number of carbonyl (C=O) groups excluding carboxylic acids is 1. The molecule has 8 aromatic rings. The van der Waals surface area contributed by atoms with Crippen LogP contribution in [0.1, 0.15) is 25.7 Å². The van der Waals surface area contributed by atoms with Crippen LogP contribution in [0.2, 0.25) is 0 Å². The van der Waals surface area contributed by atoms with Gasteiger partial charge in [-0.3, -0.25) is 10.2 Å². The van der Waals surface area contributed by atoms with Gasteiger partial charge in [-0.1, -0.05) is 72.8 Å². The van der Waals surface area contributed by atoms with E-state index in [1.54, 1.807) is 48.5 Å². The lowest BCUT2D eigenvalue weighted by Gasteiger charge is -2.25. The third-order valence-corrected chi connectivity index (χ3v) is 15.3. The molecule has 336 valence electrons. The average molecular weight is 944 g/mol. The van der Waals surface area contributed by atoms with Gasteiger partial charge in [0.15, 0.2) is 10.1 Å². The smallest absolute Gasteiger partial charge is 0.224 e. The van der Waals surface area contributed by atoms with Crippen LogP contribution in [0.3, 0.4) is 0 Å². The third-order valence-electron chi connectivity index (χ3n) is 11.7. The van der Waals surface area contributed by atoms with Crippen LogP contribution in [-0.2, 0) is 24.5 Å². The van der Waals surface area contributed by atoms with Gasteiger partial charge < -0.3 is 26.1 Å². The highest BCUT2D eigenvalue weighted by molar-refractivity contribution is 7.92. The number of nitrogens with two attached hydrogens (primary N) is 1. The number of sulfone groups is 2. The van der Waals surface area contributed by atoms with E-state index in [1.807, 2.05) is 72.8 Å². The molecular weight excluding hydrogens is 892 g/mol. The molecule has 4 heterocycles. The van der Waals surface area contributed by atoms with Gasteiger partial charge in [-0.15, -0.1) is 24.8 Å². The van der Waals surface area contributed by atoms with E-state index >= 15 is 0 Å². The maximum atomic E-state index is 13.5. The zero-order chi connectivity index (χ0) is 43.3. The summed E-state index contributed by atoms with van der Waals surface area (Å²) in [5.41, 5.74) is 8.40. The molecule has 0 amide bonds. The summed E-state index contributed by atoms with van der Waals surface area (Å²) in [6, 6.07) is 36.2. The molecule has 0 unspecified atom stereocenters. The number of nitrogens with zero attached hydrogens (tertiary/aromatic N) is 3. The minimum Gasteiger partial charge on any atom is -0.399 e. The first-order valence-corrected chi connectivity index (χ1v) is 23.8. The number of piperidine rings is 2. The number of fused-ring (bicyclic) bond motifs is 4. The molecule has 0 bridgehead atoms. The zero-order valence-electron chi connectivity index (χ0n) is 35.2. The number of likely N-dealkylation sites (tertiary alicyclic amines) is 1. The lowest BCUT2D eigenvalue weighted by atomic mass is 9.98. The Morgan fingerprint density at radius 1 is 0.656 bits per heavy atom. The number of aldehydes is 1. The molecule has 0 spiro atoms. The number of benzene rings is 6. The number of carbonyl (C=O) groups is 1. The number of H-pyrrole nitrogens is 2. The molecule has 10 rings (SSSR count). The van der Waals surface area contributed by atoms with Gasteiger partial charge in [0, 0.05) is 45.4 Å². The largest absolute Gasteiger partial charge is 0.399 e. The molecule has 0 aliphatic carbocycles. The summed E-state index contributed by atoms with van der Waals surface area (Å²) >= 11 is 0. The zero-order valence-corrected chi connectivity index (χ0v) is 38.5. The van der Waals surface area contributed by atoms with Crippen LogP contribution >= 0.6 is 24.8 Å². The summed E-state index contributed by atoms with van der Waals surface area (Å²) in [7, 11) is -5.40. The van der Waals surface area contributed by atoms with Gasteiger partial charge in [-0.05, 0) is 124 Å². The van der Waals surface area contributed by atoms with Crippen molar-refractivity contribution in [3.8, 4) is 0 Å². The minimum atomic E-state index is -3.76. The van der Waals surface area contributed by atoms with Crippen molar-refractivity contribution in [3.05, 3.63) is 121 Å². The SMILES string of the molecule is CN1CCC(C=O)CC1.Cl.Cl.Nc1ccc2n[nH]c(S(=O)(=O)c3cccc4ccccc34)c2c1.O=S(=O)(c1cccc2ccccc12)c1[nH]nc2ccc(NCC3CCNCC3)cc12. The summed E-state index contributed by atoms with van der Waals surface area (Å²) < 4.78 is 53.3. The van der Waals surface area contributed by atoms with Crippen LogP contribution in [0.15, 0.2) is 141 Å². The molecule has 0 radical (unpaired) electrons. The van der Waals surface area contributed by atoms with Gasteiger partial charge in [0.1, 0.15) is 6.29 Å². The van der Waals surface area contributed by atoms with Crippen molar-refractivity contribution >= 4 is 106 Å². The first-order valence-electron chi connectivity index (χ1n) is 20.8. The highest BCUT2D eigenvalue weighted by atomic mass is 35.5. The molecule has 17 heteroatoms. The quantitative estimate of drug-likeness (QED) is 0.0724. The lowest BCUT2D eigenvalue weighted by Crippen LogP contribution is -2.31. The summed E-state index contributed by atoms with van der Waals surface area (Å²) in [6.07, 6.45) is 5.51. The topological polar surface area (TPSA) is 196 Å². The van der Waals surface area contributed by atoms with Crippen molar-refractivity contribution in [1.82, 2.24) is 30.6 Å². The monoisotopic (exact) mass is 942 g/mol. The Hall–Kier alpha value is -5.55. The Morgan fingerprint density at radius 2 is 1.16 bits per heavy atom. The summed E-state index contributed by atoms with van der Waals surface area (Å²) in [5.74, 6) is 0.978. The maximum absolute atomic E-state index is 13.5. The van der Waals surface area contributed by atoms with E-state index in [0.717, 1.165) is 81.2 Å². The second-order valence-corrected chi connectivity index (χ2v) is 19.6. The summed E-state index contributed by atoms with van der Waals surface area (Å²) in [4.78, 5) is 13.1. The molecule has 2 aliphatic heterocycles. The number of anilines is 2. The minimum absolute atomic E-state index is 0. The average Bonchev–Trinajstić information content (AvgIpc) is 3.94. The Labute approximate surface area is 385 Å². The highest BCUT2D eigenvalue weighted by Crippen LogP contribution is 2.34. The fraction of sp³-hybridized carbons (Fsp3) is 0.255. The molecule has 2 aliphatic rings. The van der Waals surface area contributed by atoms with E-state index in [9.17, 15) is 21.6 Å². The van der Waals surface area contributed by atoms with Crippen molar-refractivity contribution in [2.24, 2.45) is 11.8 Å². The molecule has 6 N–H and O–H groups in total. The number of hydrogen-bond acceptors (Lipinski definition) is 11. The van der Waals surface area contributed by atoms with Crippen LogP contribution in [-0.4, -0.2) is 88.2 Å². The van der Waals surface area contributed by atoms with Crippen LogP contribution in [0.5, 0.6) is 0 Å². The molecule has 0 atom stereocenters. The van der Waals surface area contributed by atoms with Gasteiger partial charge in [-0.25, -0.2) is 16.8 Å². The first kappa shape index (κ1) is 47.9. The number of aromatic nitrogens is 4. The van der Waals surface area contributed by atoms with Crippen LogP contribution in [0.4, 0.5) is 11.4 Å². The Kier molecular flexibility index (Phi) is 15.7. The van der Waals surface area contributed by atoms with Gasteiger partial charge >= 0.3 is 0 Å². The predicted octanol–water partition coefficient (Wildman–Crippen LogP) is 8.46. The molecular formula is C47H52Cl2N8O5S2. The fourth-order valence-corrected chi connectivity index (χ4v) is 11.2. The van der Waals surface area contributed by atoms with E-state index in [-0.39, 0.29) is 39.8 Å². The van der Waals surface area contributed by atoms with Crippen molar-refractivity contribution in [1.29, 1.82) is 0 Å². The second-order valence-electron chi connectivity index (χ2n) is 15.9. The van der Waals surface area contributed by atoms with Crippen LogP contribution in [0, 0.1) is 11.8 Å². The number of nitrogens with one attached hydrogen (secondary N) is 4. The number of aromatic amines is 2. The van der Waals surface area contributed by atoms with E-state index in [2.05, 4.69) is 43.0 Å². The third kappa shape index (κ3) is 10.4. The van der Waals surface area contributed by atoms with Gasteiger partial charge in [0.2, 0.25) is 19.7 Å². The number of hydrogen-bond donors (Lipinski definition) is 5. The van der Waals surface area contributed by atoms with E-state index in [0.29, 0.717) is 55.0 Å². The maximum Gasteiger partial charge on any atom is 0.224 e. The second kappa shape index (κ2) is 21.0. The lowest BCUT2D eigenvalue weighted by molar-refractivity contribution is -0.112.